The molecule has 3 rings (SSSR count). The lowest BCUT2D eigenvalue weighted by Crippen LogP contribution is -2.41. The maximum absolute atomic E-state index is 12.8. The average molecular weight is 502 g/mol. The van der Waals surface area contributed by atoms with E-state index in [0.29, 0.717) is 49.8 Å². The molecule has 1 aliphatic rings. The average Bonchev–Trinajstić information content (AvgIpc) is 2.94. The van der Waals surface area contributed by atoms with Gasteiger partial charge in [0.25, 0.3) is 5.91 Å². The van der Waals surface area contributed by atoms with Gasteiger partial charge in [0.05, 0.1) is 26.9 Å². The molecular weight excluding hydrogens is 474 g/mol. The molecule has 37 heavy (non-hydrogen) atoms. The van der Waals surface area contributed by atoms with Gasteiger partial charge in [0.2, 0.25) is 0 Å². The third kappa shape index (κ3) is 7.20. The Hall–Kier alpha value is -4.60. The van der Waals surface area contributed by atoms with Crippen LogP contribution in [0.1, 0.15) is 24.5 Å². The Kier molecular flexibility index (Phi) is 9.83. The summed E-state index contributed by atoms with van der Waals surface area (Å²) in [6.45, 7) is 4.17. The minimum Gasteiger partial charge on any atom is -0.493 e. The lowest BCUT2D eigenvalue weighted by Gasteiger charge is -2.26. The number of carbonyl (C=O) groups is 2. The van der Waals surface area contributed by atoms with Crippen LogP contribution in [0, 0.1) is 22.7 Å². The molecule has 0 bridgehead atoms. The van der Waals surface area contributed by atoms with E-state index in [1.165, 1.54) is 31.4 Å². The molecule has 0 N–H and O–H groups in total. The molecule has 1 amide bonds. The number of esters is 1. The number of rotatable bonds is 9. The van der Waals surface area contributed by atoms with Gasteiger partial charge in [-0.3, -0.25) is 4.79 Å². The Morgan fingerprint density at radius 3 is 2.41 bits per heavy atom. The second kappa shape index (κ2) is 13.5. The van der Waals surface area contributed by atoms with Crippen molar-refractivity contribution in [2.24, 2.45) is 0 Å². The van der Waals surface area contributed by atoms with Gasteiger partial charge in [0, 0.05) is 18.7 Å². The van der Waals surface area contributed by atoms with Crippen LogP contribution in [0.25, 0.3) is 12.2 Å². The number of amides is 1. The van der Waals surface area contributed by atoms with E-state index < -0.39 is 5.97 Å². The summed E-state index contributed by atoms with van der Waals surface area (Å²) < 4.78 is 21.7. The normalized spacial score (nSPS) is 13.8. The van der Waals surface area contributed by atoms with Gasteiger partial charge in [-0.15, -0.1) is 0 Å². The van der Waals surface area contributed by atoms with E-state index in [4.69, 9.17) is 18.9 Å². The first-order valence-corrected chi connectivity index (χ1v) is 11.7. The van der Waals surface area contributed by atoms with Crippen LogP contribution in [0.15, 0.2) is 53.6 Å². The smallest absolute Gasteiger partial charge is 0.354 e. The summed E-state index contributed by atoms with van der Waals surface area (Å²) in [6.07, 6.45) is 3.67. The predicted molar refractivity (Wildman–Crippen MR) is 135 cm³/mol. The number of methoxy groups -OCH3 is 1. The van der Waals surface area contributed by atoms with E-state index in [2.05, 4.69) is 0 Å². The first kappa shape index (κ1) is 27.0. The zero-order valence-corrected chi connectivity index (χ0v) is 20.7. The van der Waals surface area contributed by atoms with Crippen LogP contribution in [0.4, 0.5) is 0 Å². The van der Waals surface area contributed by atoms with Crippen LogP contribution in [0.2, 0.25) is 0 Å². The van der Waals surface area contributed by atoms with Gasteiger partial charge < -0.3 is 23.8 Å². The number of hydrogen-bond donors (Lipinski definition) is 0. The van der Waals surface area contributed by atoms with Crippen molar-refractivity contribution < 1.29 is 28.5 Å². The number of nitrogens with zero attached hydrogens (tertiary/aromatic N) is 3. The summed E-state index contributed by atoms with van der Waals surface area (Å²) in [5.74, 6) is -0.415. The number of carbonyl (C=O) groups excluding carboxylic acids is 2. The molecule has 0 saturated carbocycles. The molecule has 0 aliphatic carbocycles. The molecule has 1 saturated heterocycles. The maximum Gasteiger partial charge on any atom is 0.354 e. The van der Waals surface area contributed by atoms with E-state index in [1.807, 2.05) is 19.1 Å². The number of nitriles is 2. The van der Waals surface area contributed by atoms with E-state index in [9.17, 15) is 20.1 Å². The topological polar surface area (TPSA) is 122 Å². The van der Waals surface area contributed by atoms with Gasteiger partial charge in [0.1, 0.15) is 29.0 Å². The Morgan fingerprint density at radius 1 is 1.00 bits per heavy atom. The fourth-order valence-electron chi connectivity index (χ4n) is 3.49. The van der Waals surface area contributed by atoms with Gasteiger partial charge >= 0.3 is 5.97 Å². The third-order valence-electron chi connectivity index (χ3n) is 5.37. The summed E-state index contributed by atoms with van der Waals surface area (Å²) in [4.78, 5) is 27.0. The number of benzene rings is 2. The fraction of sp³-hybridized carbons (Fsp3) is 0.286. The van der Waals surface area contributed by atoms with Gasteiger partial charge in [0.15, 0.2) is 11.5 Å². The Bertz CT molecular complexity index is 1280. The van der Waals surface area contributed by atoms with Crippen LogP contribution in [-0.2, 0) is 14.3 Å². The first-order valence-electron chi connectivity index (χ1n) is 11.7. The molecule has 0 unspecified atom stereocenters. The highest BCUT2D eigenvalue weighted by Gasteiger charge is 2.21. The summed E-state index contributed by atoms with van der Waals surface area (Å²) in [7, 11) is 1.40. The van der Waals surface area contributed by atoms with Crippen LogP contribution < -0.4 is 14.2 Å². The van der Waals surface area contributed by atoms with Crippen LogP contribution >= 0.6 is 0 Å². The van der Waals surface area contributed by atoms with Crippen molar-refractivity contribution >= 4 is 24.0 Å². The fourth-order valence-corrected chi connectivity index (χ4v) is 3.49. The van der Waals surface area contributed by atoms with Crippen molar-refractivity contribution in [1.82, 2.24) is 4.90 Å². The zero-order chi connectivity index (χ0) is 26.6. The first-order chi connectivity index (χ1) is 18.0. The van der Waals surface area contributed by atoms with Crippen molar-refractivity contribution in [3.8, 4) is 29.4 Å². The molecule has 1 heterocycles. The largest absolute Gasteiger partial charge is 0.493 e. The molecular formula is C28H27N3O6. The predicted octanol–water partition coefficient (Wildman–Crippen LogP) is 3.76. The molecule has 9 heteroatoms. The second-order valence-corrected chi connectivity index (χ2v) is 7.93. The molecule has 0 aromatic heterocycles. The number of para-hydroxylation sites is 1. The number of ether oxygens (including phenoxy) is 4. The lowest BCUT2D eigenvalue weighted by molar-refractivity contribution is -0.131. The lowest BCUT2D eigenvalue weighted by atomic mass is 10.1. The molecule has 1 aliphatic heterocycles. The van der Waals surface area contributed by atoms with Gasteiger partial charge in [-0.2, -0.15) is 10.5 Å². The van der Waals surface area contributed by atoms with Crippen LogP contribution in [0.5, 0.6) is 17.2 Å². The molecule has 190 valence electrons. The van der Waals surface area contributed by atoms with E-state index >= 15 is 0 Å². The quantitative estimate of drug-likeness (QED) is 0.220. The van der Waals surface area contributed by atoms with Crippen LogP contribution in [0.3, 0.4) is 0 Å². The zero-order valence-electron chi connectivity index (χ0n) is 20.7. The number of hydrogen-bond acceptors (Lipinski definition) is 8. The summed E-state index contributed by atoms with van der Waals surface area (Å²) in [5, 5.41) is 19.1. The molecule has 2 aromatic carbocycles. The molecule has 0 spiro atoms. The highest BCUT2D eigenvalue weighted by Crippen LogP contribution is 2.30. The monoisotopic (exact) mass is 501 g/mol. The van der Waals surface area contributed by atoms with Crippen molar-refractivity contribution in [2.45, 2.75) is 13.3 Å². The highest BCUT2D eigenvalue weighted by atomic mass is 16.6. The van der Waals surface area contributed by atoms with Gasteiger partial charge in [-0.1, -0.05) is 31.2 Å². The van der Waals surface area contributed by atoms with Crippen molar-refractivity contribution in [1.29, 1.82) is 10.5 Å². The van der Waals surface area contributed by atoms with Crippen molar-refractivity contribution in [3.05, 3.63) is 64.7 Å². The minimum absolute atomic E-state index is 0.0349. The van der Waals surface area contributed by atoms with E-state index in [1.54, 1.807) is 35.2 Å². The maximum atomic E-state index is 12.8. The number of morpholine rings is 1. The minimum atomic E-state index is -0.866. The summed E-state index contributed by atoms with van der Waals surface area (Å²) in [5.41, 5.74) is 0.826. The summed E-state index contributed by atoms with van der Waals surface area (Å²) >= 11 is 0. The van der Waals surface area contributed by atoms with Gasteiger partial charge in [-0.05, 0) is 42.3 Å². The molecule has 0 atom stereocenters. The van der Waals surface area contributed by atoms with E-state index in [0.717, 1.165) is 6.42 Å². The highest BCUT2D eigenvalue weighted by molar-refractivity contribution is 6.02. The van der Waals surface area contributed by atoms with Crippen molar-refractivity contribution in [2.75, 3.05) is 40.0 Å². The second-order valence-electron chi connectivity index (χ2n) is 7.93. The molecule has 9 nitrogen and oxygen atoms in total. The van der Waals surface area contributed by atoms with Crippen LogP contribution in [-0.4, -0.2) is 56.8 Å². The van der Waals surface area contributed by atoms with E-state index in [-0.39, 0.29) is 28.6 Å². The Labute approximate surface area is 215 Å². The Balaban J connectivity index is 1.81. The van der Waals surface area contributed by atoms with Crippen molar-refractivity contribution in [3.63, 3.8) is 0 Å². The summed E-state index contributed by atoms with van der Waals surface area (Å²) in [6, 6.07) is 15.5. The SMILES string of the molecule is CCCOc1ccccc1/C=C(\C#N)C(=O)Oc1ccc(/C=C(\C#N)C(=O)N2CCOCC2)cc1OC. The molecule has 2 aromatic rings. The standard InChI is InChI=1S/C28H27N3O6/c1-3-12-36-24-7-5-4-6-21(24)17-23(19-30)28(33)37-25-9-8-20(16-26(25)34-2)15-22(18-29)27(32)31-10-13-35-14-11-31/h4-9,15-17H,3,10-14H2,1-2H3/b22-15+,23-17+. The Morgan fingerprint density at radius 2 is 1.73 bits per heavy atom. The third-order valence-corrected chi connectivity index (χ3v) is 5.37. The molecule has 0 radical (unpaired) electrons. The molecule has 1 fully saturated rings. The van der Waals surface area contributed by atoms with Gasteiger partial charge in [-0.25, -0.2) is 4.79 Å².